The number of ether oxygens (including phenoxy) is 1. The fraction of sp³-hybridized carbons (Fsp3) is 0. The highest BCUT2D eigenvalue weighted by Crippen LogP contribution is 2.36. The van der Waals surface area contributed by atoms with Gasteiger partial charge in [0.05, 0.1) is 11.8 Å². The molecule has 0 saturated carbocycles. The van der Waals surface area contributed by atoms with Gasteiger partial charge in [-0.1, -0.05) is 0 Å². The molecule has 3 aromatic rings. The maximum atomic E-state index is 11.0. The first-order valence-corrected chi connectivity index (χ1v) is 6.40. The van der Waals surface area contributed by atoms with Crippen LogP contribution in [-0.2, 0) is 0 Å². The predicted molar refractivity (Wildman–Crippen MR) is 85.4 cm³/mol. The third-order valence-corrected chi connectivity index (χ3v) is 3.52. The van der Waals surface area contributed by atoms with Crippen LogP contribution in [0.1, 0.15) is 15.9 Å². The van der Waals surface area contributed by atoms with Crippen LogP contribution in [0.2, 0.25) is 0 Å². The summed E-state index contributed by atoms with van der Waals surface area (Å²) in [6.45, 7) is 0. The van der Waals surface area contributed by atoms with Crippen LogP contribution in [0.3, 0.4) is 0 Å². The van der Waals surface area contributed by atoms with Crippen LogP contribution in [0.15, 0.2) is 42.9 Å². The second-order valence-corrected chi connectivity index (χ2v) is 4.80. The van der Waals surface area contributed by atoms with Crippen molar-refractivity contribution in [3.63, 3.8) is 0 Å². The van der Waals surface area contributed by atoms with Gasteiger partial charge in [0.25, 0.3) is 0 Å². The summed E-state index contributed by atoms with van der Waals surface area (Å²) in [4.78, 5) is 18.5. The molecule has 0 spiro atoms. The number of nitrogens with one attached hydrogen (secondary N) is 1. The number of nitrogens with zero attached hydrogens (tertiary/aromatic N) is 1. The van der Waals surface area contributed by atoms with Crippen molar-refractivity contribution < 1.29 is 14.6 Å². The van der Waals surface area contributed by atoms with Gasteiger partial charge >= 0.3 is 5.97 Å². The van der Waals surface area contributed by atoms with Crippen molar-refractivity contribution in [1.29, 1.82) is 0 Å². The summed E-state index contributed by atoms with van der Waals surface area (Å²) in [5.41, 5.74) is 3.67. The van der Waals surface area contributed by atoms with Gasteiger partial charge in [0, 0.05) is 28.9 Å². The van der Waals surface area contributed by atoms with Crippen molar-refractivity contribution in [2.75, 3.05) is 0 Å². The van der Waals surface area contributed by atoms with Crippen LogP contribution in [0.4, 0.5) is 0 Å². The maximum absolute atomic E-state index is 11.0. The molecular weight excluding hydrogens is 304 g/mol. The molecule has 4 rings (SSSR count). The Morgan fingerprint density at radius 2 is 2.14 bits per heavy atom. The molecule has 2 N–H and O–H groups in total. The molecule has 1 aromatic carbocycles. The van der Waals surface area contributed by atoms with E-state index in [2.05, 4.69) is 9.97 Å². The maximum Gasteiger partial charge on any atom is 0.337 e. The average Bonchev–Trinajstić information content (AvgIpc) is 2.85. The largest absolute Gasteiger partial charge is 0.478 e. The van der Waals surface area contributed by atoms with Gasteiger partial charge in [-0.2, -0.15) is 0 Å². The lowest BCUT2D eigenvalue weighted by Gasteiger charge is -2.08. The zero-order valence-corrected chi connectivity index (χ0v) is 12.1. The second-order valence-electron chi connectivity index (χ2n) is 4.80. The molecule has 0 bridgehead atoms. The number of aromatic nitrogens is 2. The first-order chi connectivity index (χ1) is 10.2. The first kappa shape index (κ1) is 14.2. The van der Waals surface area contributed by atoms with Crippen LogP contribution in [0.5, 0.6) is 5.75 Å². The van der Waals surface area contributed by atoms with E-state index < -0.39 is 5.97 Å². The number of carboxylic acids is 1. The normalized spacial score (nSPS) is 11.8. The lowest BCUT2D eigenvalue weighted by Crippen LogP contribution is -1.99. The van der Waals surface area contributed by atoms with E-state index in [0.717, 1.165) is 22.0 Å². The van der Waals surface area contributed by atoms with Gasteiger partial charge in [-0.05, 0) is 35.9 Å². The summed E-state index contributed by atoms with van der Waals surface area (Å²) in [7, 11) is 0. The van der Waals surface area contributed by atoms with Crippen molar-refractivity contribution in [3.05, 3.63) is 54.0 Å². The number of hydrogen-bond acceptors (Lipinski definition) is 3. The zero-order valence-electron chi connectivity index (χ0n) is 11.2. The second kappa shape index (κ2) is 5.20. The molecule has 0 amide bonds. The number of carbonyl (C=O) groups is 1. The SMILES string of the molecule is Cl.O=C(O)c1cnc2c(c1)OC=Cc1cc3[nH]ccc3cc1-2. The van der Waals surface area contributed by atoms with Gasteiger partial charge < -0.3 is 14.8 Å². The van der Waals surface area contributed by atoms with Crippen molar-refractivity contribution in [2.45, 2.75) is 0 Å². The number of halogens is 1. The Hall–Kier alpha value is -2.79. The molecule has 0 unspecified atom stereocenters. The fourth-order valence-electron chi connectivity index (χ4n) is 2.49. The zero-order chi connectivity index (χ0) is 14.4. The van der Waals surface area contributed by atoms with E-state index in [9.17, 15) is 4.79 Å². The Morgan fingerprint density at radius 3 is 2.95 bits per heavy atom. The molecule has 2 aromatic heterocycles. The summed E-state index contributed by atoms with van der Waals surface area (Å²) in [6.07, 6.45) is 6.62. The smallest absolute Gasteiger partial charge is 0.337 e. The summed E-state index contributed by atoms with van der Waals surface area (Å²) in [5.74, 6) is -0.580. The van der Waals surface area contributed by atoms with E-state index in [1.165, 1.54) is 12.3 Å². The molecule has 1 aliphatic rings. The topological polar surface area (TPSA) is 75.2 Å². The molecule has 6 heteroatoms. The van der Waals surface area contributed by atoms with Crippen molar-refractivity contribution in [2.24, 2.45) is 0 Å². The van der Waals surface area contributed by atoms with Crippen molar-refractivity contribution in [3.8, 4) is 17.0 Å². The number of benzene rings is 1. The number of H-pyrrole nitrogens is 1. The van der Waals surface area contributed by atoms with Crippen LogP contribution >= 0.6 is 12.4 Å². The number of fused-ring (bicyclic) bond motifs is 4. The van der Waals surface area contributed by atoms with Gasteiger partial charge in [-0.15, -0.1) is 12.4 Å². The summed E-state index contributed by atoms with van der Waals surface area (Å²) in [6, 6.07) is 7.51. The van der Waals surface area contributed by atoms with Gasteiger partial charge in [0.1, 0.15) is 5.69 Å². The number of hydrogen-bond donors (Lipinski definition) is 2. The van der Waals surface area contributed by atoms with Gasteiger partial charge in [0.2, 0.25) is 0 Å². The minimum Gasteiger partial charge on any atom is -0.478 e. The lowest BCUT2D eigenvalue weighted by atomic mass is 10.0. The highest BCUT2D eigenvalue weighted by Gasteiger charge is 2.17. The van der Waals surface area contributed by atoms with Crippen LogP contribution < -0.4 is 4.74 Å². The summed E-state index contributed by atoms with van der Waals surface area (Å²) < 4.78 is 5.51. The molecule has 110 valence electrons. The van der Waals surface area contributed by atoms with Crippen molar-refractivity contribution >= 4 is 35.4 Å². The number of pyridine rings is 1. The third-order valence-electron chi connectivity index (χ3n) is 3.52. The number of carboxylic acid groups (broad SMARTS) is 1. The van der Waals surface area contributed by atoms with E-state index in [-0.39, 0.29) is 18.0 Å². The van der Waals surface area contributed by atoms with E-state index in [1.54, 1.807) is 6.26 Å². The highest BCUT2D eigenvalue weighted by molar-refractivity contribution is 5.93. The molecule has 0 atom stereocenters. The van der Waals surface area contributed by atoms with Gasteiger partial charge in [-0.25, -0.2) is 4.79 Å². The van der Waals surface area contributed by atoms with E-state index in [1.807, 2.05) is 30.5 Å². The lowest BCUT2D eigenvalue weighted by molar-refractivity contribution is 0.0696. The Kier molecular flexibility index (Phi) is 3.35. The fourth-order valence-corrected chi connectivity index (χ4v) is 2.49. The third kappa shape index (κ3) is 2.12. The van der Waals surface area contributed by atoms with Crippen LogP contribution in [0, 0.1) is 0 Å². The van der Waals surface area contributed by atoms with E-state index >= 15 is 0 Å². The average molecular weight is 315 g/mol. The molecule has 22 heavy (non-hydrogen) atoms. The molecule has 0 saturated heterocycles. The Labute approximate surface area is 131 Å². The number of aromatic carboxylic acids is 1. The summed E-state index contributed by atoms with van der Waals surface area (Å²) >= 11 is 0. The van der Waals surface area contributed by atoms with E-state index in [0.29, 0.717) is 11.4 Å². The standard InChI is InChI=1S/C16H10N2O3.ClH/c19-16(20)11-7-14-15(18-8-11)12-5-10-1-3-17-13(10)6-9(12)2-4-21-14;/h1-8,17H,(H,19,20);1H. The molecule has 0 aliphatic carbocycles. The van der Waals surface area contributed by atoms with Crippen LogP contribution in [0.25, 0.3) is 28.2 Å². The molecule has 5 nitrogen and oxygen atoms in total. The first-order valence-electron chi connectivity index (χ1n) is 6.40. The molecule has 0 fully saturated rings. The monoisotopic (exact) mass is 314 g/mol. The quantitative estimate of drug-likeness (QED) is 0.718. The van der Waals surface area contributed by atoms with E-state index in [4.69, 9.17) is 9.84 Å². The highest BCUT2D eigenvalue weighted by atomic mass is 35.5. The van der Waals surface area contributed by atoms with Crippen molar-refractivity contribution in [1.82, 2.24) is 9.97 Å². The Balaban J connectivity index is 0.00000144. The molecule has 3 heterocycles. The molecule has 1 aliphatic heterocycles. The Morgan fingerprint density at radius 1 is 1.27 bits per heavy atom. The van der Waals surface area contributed by atoms with Gasteiger partial charge in [-0.3, -0.25) is 4.98 Å². The van der Waals surface area contributed by atoms with Crippen LogP contribution in [-0.4, -0.2) is 21.0 Å². The summed E-state index contributed by atoms with van der Waals surface area (Å²) in [5, 5.41) is 10.1. The minimum atomic E-state index is -1.02. The number of rotatable bonds is 1. The number of aromatic amines is 1. The Bertz CT molecular complexity index is 915. The molecule has 0 radical (unpaired) electrons. The van der Waals surface area contributed by atoms with Gasteiger partial charge in [0.15, 0.2) is 5.75 Å². The molecular formula is C16H11ClN2O3. The minimum absolute atomic E-state index is 0. The predicted octanol–water partition coefficient (Wildman–Crippen LogP) is 3.71.